The van der Waals surface area contributed by atoms with Crippen molar-refractivity contribution in [2.75, 3.05) is 6.61 Å². The van der Waals surface area contributed by atoms with Crippen LogP contribution in [0.5, 0.6) is 0 Å². The average molecular weight is 281 g/mol. The van der Waals surface area contributed by atoms with Crippen molar-refractivity contribution in [2.45, 2.75) is 20.3 Å². The molecule has 2 rings (SSSR count). The summed E-state index contributed by atoms with van der Waals surface area (Å²) in [6.07, 6.45) is 2.20. The quantitative estimate of drug-likeness (QED) is 0.666. The molecular formula is C13H15NO6. The summed E-state index contributed by atoms with van der Waals surface area (Å²) >= 11 is 0. The highest BCUT2D eigenvalue weighted by Gasteiger charge is 2.39. The first kappa shape index (κ1) is 14.1. The Morgan fingerprint density at radius 3 is 2.15 bits per heavy atom. The SMILES string of the molecule is CC1=C(C(=O)O)C(C2=CCCOO2)C(C(=O)O)=C(C)N1. The van der Waals surface area contributed by atoms with E-state index in [1.807, 2.05) is 0 Å². The van der Waals surface area contributed by atoms with Crippen molar-refractivity contribution in [3.63, 3.8) is 0 Å². The van der Waals surface area contributed by atoms with E-state index in [4.69, 9.17) is 9.78 Å². The monoisotopic (exact) mass is 281 g/mol. The van der Waals surface area contributed by atoms with Crippen molar-refractivity contribution >= 4 is 11.9 Å². The van der Waals surface area contributed by atoms with Gasteiger partial charge in [-0.25, -0.2) is 9.59 Å². The van der Waals surface area contributed by atoms with Crippen molar-refractivity contribution in [3.8, 4) is 0 Å². The van der Waals surface area contributed by atoms with E-state index in [0.29, 0.717) is 24.4 Å². The van der Waals surface area contributed by atoms with Gasteiger partial charge in [0, 0.05) is 11.4 Å². The van der Waals surface area contributed by atoms with Crippen LogP contribution in [0.15, 0.2) is 34.4 Å². The van der Waals surface area contributed by atoms with E-state index in [-0.39, 0.29) is 16.9 Å². The number of hydrogen-bond donors (Lipinski definition) is 3. The minimum absolute atomic E-state index is 0.0512. The van der Waals surface area contributed by atoms with Crippen LogP contribution >= 0.6 is 0 Å². The van der Waals surface area contributed by atoms with Gasteiger partial charge >= 0.3 is 11.9 Å². The Bertz CT molecular complexity index is 521. The maximum atomic E-state index is 11.5. The van der Waals surface area contributed by atoms with Crippen LogP contribution in [0.4, 0.5) is 0 Å². The molecule has 0 aliphatic carbocycles. The van der Waals surface area contributed by atoms with Gasteiger partial charge in [0.1, 0.15) is 0 Å². The molecule has 0 aromatic rings. The van der Waals surface area contributed by atoms with E-state index in [1.165, 1.54) is 0 Å². The minimum atomic E-state index is -1.19. The number of carboxylic acids is 2. The average Bonchev–Trinajstić information content (AvgIpc) is 2.37. The molecule has 0 aromatic heterocycles. The number of hydrogen-bond acceptors (Lipinski definition) is 5. The van der Waals surface area contributed by atoms with Gasteiger partial charge in [0.25, 0.3) is 0 Å². The van der Waals surface area contributed by atoms with Gasteiger partial charge in [-0.3, -0.25) is 0 Å². The molecule has 0 saturated heterocycles. The van der Waals surface area contributed by atoms with Crippen LogP contribution in [0.2, 0.25) is 0 Å². The highest BCUT2D eigenvalue weighted by atomic mass is 17.2. The molecule has 0 spiro atoms. The highest BCUT2D eigenvalue weighted by Crippen LogP contribution is 2.37. The molecule has 0 amide bonds. The summed E-state index contributed by atoms with van der Waals surface area (Å²) in [5, 5.41) is 21.5. The third-order valence-electron chi connectivity index (χ3n) is 3.21. The maximum Gasteiger partial charge on any atom is 0.334 e. The molecule has 7 heteroatoms. The molecule has 2 aliphatic heterocycles. The van der Waals surface area contributed by atoms with Crippen LogP contribution in [-0.2, 0) is 19.4 Å². The van der Waals surface area contributed by atoms with Gasteiger partial charge in [-0.15, -0.1) is 0 Å². The Hall–Kier alpha value is -2.28. The first-order chi connectivity index (χ1) is 9.43. The standard InChI is InChI=1S/C13H15NO6/c1-6-9(12(15)16)11(8-4-3-5-19-20-8)10(13(17)18)7(2)14-6/h4,11,14H,3,5H2,1-2H3,(H,15,16)(H,17,18). The van der Waals surface area contributed by atoms with Crippen LogP contribution in [-0.4, -0.2) is 28.8 Å². The molecule has 0 radical (unpaired) electrons. The molecule has 0 fully saturated rings. The normalized spacial score (nSPS) is 20.2. The Balaban J connectivity index is 2.57. The smallest absolute Gasteiger partial charge is 0.334 e. The lowest BCUT2D eigenvalue weighted by molar-refractivity contribution is -0.273. The van der Waals surface area contributed by atoms with Crippen molar-refractivity contribution in [1.82, 2.24) is 5.32 Å². The van der Waals surface area contributed by atoms with Gasteiger partial charge in [-0.05, 0) is 26.3 Å². The van der Waals surface area contributed by atoms with Crippen LogP contribution in [0.3, 0.4) is 0 Å². The molecule has 0 unspecified atom stereocenters. The summed E-state index contributed by atoms with van der Waals surface area (Å²) in [5.41, 5.74) is 0.676. The van der Waals surface area contributed by atoms with Crippen LogP contribution in [0.1, 0.15) is 20.3 Å². The summed E-state index contributed by atoms with van der Waals surface area (Å²) in [4.78, 5) is 32.8. The van der Waals surface area contributed by atoms with Crippen molar-refractivity contribution < 1.29 is 29.6 Å². The summed E-state index contributed by atoms with van der Waals surface area (Å²) in [6.45, 7) is 3.52. The summed E-state index contributed by atoms with van der Waals surface area (Å²) in [5.74, 6) is -3.17. The van der Waals surface area contributed by atoms with Gasteiger partial charge < -0.3 is 20.4 Å². The fourth-order valence-electron chi connectivity index (χ4n) is 2.40. The third-order valence-corrected chi connectivity index (χ3v) is 3.21. The molecule has 20 heavy (non-hydrogen) atoms. The molecule has 0 atom stereocenters. The number of carbonyl (C=O) groups is 2. The second kappa shape index (κ2) is 5.38. The topological polar surface area (TPSA) is 105 Å². The van der Waals surface area contributed by atoms with Gasteiger partial charge in [0.05, 0.1) is 23.7 Å². The van der Waals surface area contributed by atoms with Gasteiger partial charge in [0.15, 0.2) is 5.76 Å². The van der Waals surface area contributed by atoms with Gasteiger partial charge in [-0.1, -0.05) is 0 Å². The molecule has 0 aromatic carbocycles. The minimum Gasteiger partial charge on any atom is -0.478 e. The van der Waals surface area contributed by atoms with E-state index in [0.717, 1.165) is 0 Å². The van der Waals surface area contributed by atoms with Crippen LogP contribution in [0, 0.1) is 5.92 Å². The number of nitrogens with one attached hydrogen (secondary N) is 1. The van der Waals surface area contributed by atoms with Gasteiger partial charge in [-0.2, -0.15) is 4.89 Å². The van der Waals surface area contributed by atoms with E-state index in [1.54, 1.807) is 19.9 Å². The van der Waals surface area contributed by atoms with E-state index >= 15 is 0 Å². The number of aliphatic carboxylic acids is 2. The van der Waals surface area contributed by atoms with Crippen molar-refractivity contribution in [2.24, 2.45) is 5.92 Å². The predicted molar refractivity (Wildman–Crippen MR) is 67.0 cm³/mol. The molecule has 2 heterocycles. The molecule has 0 saturated carbocycles. The lowest BCUT2D eigenvalue weighted by Crippen LogP contribution is -2.34. The highest BCUT2D eigenvalue weighted by molar-refractivity contribution is 5.97. The van der Waals surface area contributed by atoms with Crippen LogP contribution < -0.4 is 5.32 Å². The van der Waals surface area contributed by atoms with E-state index < -0.39 is 17.9 Å². The number of rotatable bonds is 3. The first-order valence-corrected chi connectivity index (χ1v) is 6.08. The summed E-state index contributed by atoms with van der Waals surface area (Å²) in [7, 11) is 0. The second-order valence-electron chi connectivity index (χ2n) is 4.55. The lowest BCUT2D eigenvalue weighted by Gasteiger charge is -2.30. The molecular weight excluding hydrogens is 266 g/mol. The largest absolute Gasteiger partial charge is 0.478 e. The zero-order chi connectivity index (χ0) is 14.9. The molecule has 108 valence electrons. The Kier molecular flexibility index (Phi) is 3.80. The van der Waals surface area contributed by atoms with E-state index in [9.17, 15) is 19.8 Å². The zero-order valence-electron chi connectivity index (χ0n) is 11.1. The van der Waals surface area contributed by atoms with Gasteiger partial charge in [0.2, 0.25) is 0 Å². The Labute approximate surface area is 115 Å². The Morgan fingerprint density at radius 2 is 1.75 bits per heavy atom. The lowest BCUT2D eigenvalue weighted by atomic mass is 9.83. The molecule has 2 aliphatic rings. The van der Waals surface area contributed by atoms with E-state index in [2.05, 4.69) is 5.32 Å². The molecule has 3 N–H and O–H groups in total. The van der Waals surface area contributed by atoms with Crippen molar-refractivity contribution in [1.29, 1.82) is 0 Å². The first-order valence-electron chi connectivity index (χ1n) is 6.08. The van der Waals surface area contributed by atoms with Crippen molar-refractivity contribution in [3.05, 3.63) is 34.4 Å². The fraction of sp³-hybridized carbons (Fsp3) is 0.385. The predicted octanol–water partition coefficient (Wildman–Crippen LogP) is 1.16. The number of dihydropyridines is 1. The second-order valence-corrected chi connectivity index (χ2v) is 4.55. The maximum absolute atomic E-state index is 11.5. The summed E-state index contributed by atoms with van der Waals surface area (Å²) in [6, 6.07) is 0. The third kappa shape index (κ3) is 2.39. The zero-order valence-corrected chi connectivity index (χ0v) is 11.1. The molecule has 0 bridgehead atoms. The van der Waals surface area contributed by atoms with Crippen LogP contribution in [0.25, 0.3) is 0 Å². The number of allylic oxidation sites excluding steroid dienone is 3. The molecule has 7 nitrogen and oxygen atoms in total. The fourth-order valence-corrected chi connectivity index (χ4v) is 2.40. The Morgan fingerprint density at radius 1 is 1.20 bits per heavy atom. The summed E-state index contributed by atoms with van der Waals surface area (Å²) < 4.78 is 0. The number of carboxylic acid groups (broad SMARTS) is 2.